The number of urea groups is 1. The van der Waals surface area contributed by atoms with Crippen molar-refractivity contribution in [2.45, 2.75) is 44.0 Å². The average molecular weight is 349 g/mol. The molecule has 1 aromatic rings. The van der Waals surface area contributed by atoms with Crippen LogP contribution in [-0.4, -0.2) is 64.0 Å². The van der Waals surface area contributed by atoms with E-state index in [1.54, 1.807) is 0 Å². The maximum atomic E-state index is 12.5. The molecular formula is C18H28N4OS. The fourth-order valence-electron chi connectivity index (χ4n) is 3.55. The van der Waals surface area contributed by atoms with Gasteiger partial charge >= 0.3 is 6.03 Å². The number of hydrogen-bond donors (Lipinski definition) is 1. The number of hydrogen-bond acceptors (Lipinski definition) is 4. The summed E-state index contributed by atoms with van der Waals surface area (Å²) >= 11 is 2.03. The van der Waals surface area contributed by atoms with E-state index < -0.39 is 0 Å². The van der Waals surface area contributed by atoms with Gasteiger partial charge in [0.25, 0.3) is 0 Å². The summed E-state index contributed by atoms with van der Waals surface area (Å²) in [5.41, 5.74) is 1.10. The van der Waals surface area contributed by atoms with Gasteiger partial charge in [-0.2, -0.15) is 11.8 Å². The minimum absolute atomic E-state index is 0.125. The van der Waals surface area contributed by atoms with Gasteiger partial charge in [0, 0.05) is 50.2 Å². The average Bonchev–Trinajstić information content (AvgIpc) is 3.04. The second kappa shape index (κ2) is 8.72. The zero-order valence-electron chi connectivity index (χ0n) is 14.5. The summed E-state index contributed by atoms with van der Waals surface area (Å²) in [6.07, 6.45) is 5.33. The van der Waals surface area contributed by atoms with E-state index in [0.29, 0.717) is 6.04 Å². The van der Waals surface area contributed by atoms with Gasteiger partial charge in [0.1, 0.15) is 0 Å². The molecule has 2 atom stereocenters. The van der Waals surface area contributed by atoms with E-state index in [2.05, 4.69) is 28.2 Å². The molecule has 0 radical (unpaired) electrons. The van der Waals surface area contributed by atoms with Crippen molar-refractivity contribution in [2.24, 2.45) is 0 Å². The quantitative estimate of drug-likeness (QED) is 0.888. The van der Waals surface area contributed by atoms with Crippen molar-refractivity contribution in [3.8, 4) is 0 Å². The molecule has 1 aliphatic carbocycles. The third-order valence-corrected chi connectivity index (χ3v) is 6.12. The summed E-state index contributed by atoms with van der Waals surface area (Å²) in [6, 6.07) is 6.52. The molecule has 0 aromatic carbocycles. The standard InChI is InChI=1S/C18H28N4OS/c1-2-24-17-7-6-15(13-17)20-18(23)22-11-9-21(10-12-22)14-16-5-3-4-8-19-16/h3-5,8,15,17H,2,6-7,9-14H2,1H3,(H,20,23)/t15-,17+/m0/s1. The maximum absolute atomic E-state index is 12.5. The van der Waals surface area contributed by atoms with Crippen LogP contribution in [0.2, 0.25) is 0 Å². The van der Waals surface area contributed by atoms with Crippen molar-refractivity contribution in [3.63, 3.8) is 0 Å². The van der Waals surface area contributed by atoms with Gasteiger partial charge in [0.05, 0.1) is 5.69 Å². The molecule has 1 saturated heterocycles. The molecule has 2 aliphatic rings. The van der Waals surface area contributed by atoms with Crippen LogP contribution in [0.4, 0.5) is 4.79 Å². The normalized spacial score (nSPS) is 25.0. The molecule has 132 valence electrons. The minimum Gasteiger partial charge on any atom is -0.335 e. The van der Waals surface area contributed by atoms with E-state index in [0.717, 1.165) is 56.5 Å². The molecule has 1 N–H and O–H groups in total. The lowest BCUT2D eigenvalue weighted by atomic mass is 10.2. The summed E-state index contributed by atoms with van der Waals surface area (Å²) in [7, 11) is 0. The van der Waals surface area contributed by atoms with Crippen molar-refractivity contribution >= 4 is 17.8 Å². The van der Waals surface area contributed by atoms with Gasteiger partial charge in [-0.3, -0.25) is 9.88 Å². The Bertz CT molecular complexity index is 519. The van der Waals surface area contributed by atoms with Gasteiger partial charge in [-0.05, 0) is 37.1 Å². The summed E-state index contributed by atoms with van der Waals surface area (Å²) in [4.78, 5) is 21.2. The molecule has 2 amide bonds. The number of carbonyl (C=O) groups is 1. The molecule has 5 nitrogen and oxygen atoms in total. The van der Waals surface area contributed by atoms with Crippen LogP contribution in [0.1, 0.15) is 31.9 Å². The molecule has 1 saturated carbocycles. The first-order valence-electron chi connectivity index (χ1n) is 9.04. The lowest BCUT2D eigenvalue weighted by Crippen LogP contribution is -2.53. The van der Waals surface area contributed by atoms with Gasteiger partial charge < -0.3 is 10.2 Å². The Morgan fingerprint density at radius 3 is 2.83 bits per heavy atom. The largest absolute Gasteiger partial charge is 0.335 e. The monoisotopic (exact) mass is 348 g/mol. The van der Waals surface area contributed by atoms with Crippen LogP contribution in [0.5, 0.6) is 0 Å². The lowest BCUT2D eigenvalue weighted by Gasteiger charge is -2.35. The van der Waals surface area contributed by atoms with Gasteiger partial charge in [-0.25, -0.2) is 4.79 Å². The Labute approximate surface area is 149 Å². The number of aromatic nitrogens is 1. The van der Waals surface area contributed by atoms with E-state index in [-0.39, 0.29) is 6.03 Å². The molecular weight excluding hydrogens is 320 g/mol. The summed E-state index contributed by atoms with van der Waals surface area (Å²) < 4.78 is 0. The number of pyridine rings is 1. The molecule has 24 heavy (non-hydrogen) atoms. The lowest BCUT2D eigenvalue weighted by molar-refractivity contribution is 0.132. The van der Waals surface area contributed by atoms with Crippen LogP contribution in [0.25, 0.3) is 0 Å². The molecule has 0 unspecified atom stereocenters. The molecule has 1 aromatic heterocycles. The number of amides is 2. The summed E-state index contributed by atoms with van der Waals surface area (Å²) in [5, 5.41) is 3.98. The van der Waals surface area contributed by atoms with Crippen LogP contribution in [0.3, 0.4) is 0 Å². The van der Waals surface area contributed by atoms with Crippen LogP contribution in [0, 0.1) is 0 Å². The van der Waals surface area contributed by atoms with E-state index >= 15 is 0 Å². The van der Waals surface area contributed by atoms with Crippen molar-refractivity contribution in [1.82, 2.24) is 20.1 Å². The first-order valence-corrected chi connectivity index (χ1v) is 10.1. The van der Waals surface area contributed by atoms with Crippen LogP contribution in [0.15, 0.2) is 24.4 Å². The predicted molar refractivity (Wildman–Crippen MR) is 99.2 cm³/mol. The Balaban J connectivity index is 1.39. The molecule has 2 heterocycles. The van der Waals surface area contributed by atoms with Crippen LogP contribution >= 0.6 is 11.8 Å². The fourth-order valence-corrected chi connectivity index (χ4v) is 4.70. The third kappa shape index (κ3) is 4.86. The zero-order chi connectivity index (χ0) is 16.8. The first-order chi connectivity index (χ1) is 11.7. The van der Waals surface area contributed by atoms with Gasteiger partial charge in [-0.15, -0.1) is 0 Å². The van der Waals surface area contributed by atoms with Crippen molar-refractivity contribution < 1.29 is 4.79 Å². The van der Waals surface area contributed by atoms with Crippen LogP contribution in [-0.2, 0) is 6.54 Å². The van der Waals surface area contributed by atoms with Crippen molar-refractivity contribution in [3.05, 3.63) is 30.1 Å². The van der Waals surface area contributed by atoms with E-state index in [4.69, 9.17) is 0 Å². The highest BCUT2D eigenvalue weighted by atomic mass is 32.2. The number of piperazine rings is 1. The van der Waals surface area contributed by atoms with Crippen LogP contribution < -0.4 is 5.32 Å². The third-order valence-electron chi connectivity index (χ3n) is 4.89. The highest BCUT2D eigenvalue weighted by Gasteiger charge is 2.28. The Kier molecular flexibility index (Phi) is 6.37. The smallest absolute Gasteiger partial charge is 0.317 e. The molecule has 1 aliphatic heterocycles. The Hall–Kier alpha value is -1.27. The number of nitrogens with one attached hydrogen (secondary N) is 1. The van der Waals surface area contributed by atoms with E-state index in [9.17, 15) is 4.79 Å². The topological polar surface area (TPSA) is 48.5 Å². The maximum Gasteiger partial charge on any atom is 0.317 e. The van der Waals surface area contributed by atoms with Gasteiger partial charge in [-0.1, -0.05) is 13.0 Å². The number of carbonyl (C=O) groups excluding carboxylic acids is 1. The first kappa shape index (κ1) is 17.5. The second-order valence-corrected chi connectivity index (χ2v) is 8.20. The number of rotatable bonds is 5. The molecule has 2 fully saturated rings. The zero-order valence-corrected chi connectivity index (χ0v) is 15.3. The molecule has 3 rings (SSSR count). The summed E-state index contributed by atoms with van der Waals surface area (Å²) in [5.74, 6) is 1.17. The van der Waals surface area contributed by atoms with E-state index in [1.807, 2.05) is 35.0 Å². The summed E-state index contributed by atoms with van der Waals surface area (Å²) in [6.45, 7) is 6.53. The molecule has 0 spiro atoms. The Morgan fingerprint density at radius 2 is 2.12 bits per heavy atom. The van der Waals surface area contributed by atoms with Crippen molar-refractivity contribution in [2.75, 3.05) is 31.9 Å². The number of nitrogens with zero attached hydrogens (tertiary/aromatic N) is 3. The van der Waals surface area contributed by atoms with Gasteiger partial charge in [0.2, 0.25) is 0 Å². The van der Waals surface area contributed by atoms with Gasteiger partial charge in [0.15, 0.2) is 0 Å². The highest BCUT2D eigenvalue weighted by Crippen LogP contribution is 2.29. The minimum atomic E-state index is 0.125. The molecule has 6 heteroatoms. The van der Waals surface area contributed by atoms with E-state index in [1.165, 1.54) is 12.2 Å². The second-order valence-electron chi connectivity index (χ2n) is 6.62. The SMILES string of the molecule is CCS[C@@H]1CC[C@H](NC(=O)N2CCN(Cc3ccccn3)CC2)C1. The fraction of sp³-hybridized carbons (Fsp3) is 0.667. The number of thioether (sulfide) groups is 1. The Morgan fingerprint density at radius 1 is 1.29 bits per heavy atom. The molecule has 0 bridgehead atoms. The highest BCUT2D eigenvalue weighted by molar-refractivity contribution is 7.99. The predicted octanol–water partition coefficient (Wildman–Crippen LogP) is 2.58. The van der Waals surface area contributed by atoms with Crippen molar-refractivity contribution in [1.29, 1.82) is 0 Å².